The van der Waals surface area contributed by atoms with E-state index in [0.717, 1.165) is 26.3 Å². The van der Waals surface area contributed by atoms with Crippen LogP contribution in [0.5, 0.6) is 0 Å². The zero-order chi connectivity index (χ0) is 13.0. The van der Waals surface area contributed by atoms with Crippen LogP contribution < -0.4 is 0 Å². The highest BCUT2D eigenvalue weighted by atomic mass is 19.1. The molecule has 1 aliphatic rings. The average molecular weight is 251 g/mol. The van der Waals surface area contributed by atoms with E-state index in [1.54, 1.807) is 12.1 Å². The van der Waals surface area contributed by atoms with Crippen LogP contribution in [0.15, 0.2) is 24.3 Å². The molecule has 98 valence electrons. The molecule has 3 nitrogen and oxygen atoms in total. The fourth-order valence-electron chi connectivity index (χ4n) is 2.17. The Balaban J connectivity index is 1.91. The number of benzene rings is 1. The summed E-state index contributed by atoms with van der Waals surface area (Å²) in [5.74, 6) is -0.248. The molecule has 0 aromatic heterocycles. The van der Waals surface area contributed by atoms with E-state index >= 15 is 0 Å². The lowest BCUT2D eigenvalue weighted by atomic mass is 10.0. The number of rotatable bonds is 4. The number of carbonyl (C=O) groups excluding carboxylic acids is 1. The Morgan fingerprint density at radius 3 is 2.56 bits per heavy atom. The van der Waals surface area contributed by atoms with E-state index in [-0.39, 0.29) is 17.6 Å². The van der Waals surface area contributed by atoms with Crippen LogP contribution in [0.3, 0.4) is 0 Å². The molecular weight excluding hydrogens is 233 g/mol. The number of halogens is 1. The Kier molecular flexibility index (Phi) is 4.44. The molecule has 1 fully saturated rings. The van der Waals surface area contributed by atoms with E-state index in [1.807, 2.05) is 6.92 Å². The normalized spacial score (nSPS) is 18.6. The van der Waals surface area contributed by atoms with Crippen LogP contribution in [-0.4, -0.2) is 43.0 Å². The van der Waals surface area contributed by atoms with Gasteiger partial charge in [0, 0.05) is 31.1 Å². The maximum Gasteiger partial charge on any atom is 0.164 e. The van der Waals surface area contributed by atoms with Gasteiger partial charge in [-0.25, -0.2) is 4.39 Å². The van der Waals surface area contributed by atoms with Crippen LogP contribution in [-0.2, 0) is 4.74 Å². The van der Waals surface area contributed by atoms with E-state index in [4.69, 9.17) is 4.74 Å². The van der Waals surface area contributed by atoms with Crippen molar-refractivity contribution in [2.75, 3.05) is 26.3 Å². The first-order valence-corrected chi connectivity index (χ1v) is 6.27. The van der Waals surface area contributed by atoms with Crippen molar-refractivity contribution in [2.24, 2.45) is 0 Å². The summed E-state index contributed by atoms with van der Waals surface area (Å²) >= 11 is 0. The largest absolute Gasteiger partial charge is 0.379 e. The fourth-order valence-corrected chi connectivity index (χ4v) is 2.17. The molecule has 0 N–H and O–H groups in total. The number of carbonyl (C=O) groups is 1. The lowest BCUT2D eigenvalue weighted by molar-refractivity contribution is 0.0188. The monoisotopic (exact) mass is 251 g/mol. The van der Waals surface area contributed by atoms with E-state index in [0.29, 0.717) is 12.0 Å². The maximum atomic E-state index is 12.8. The van der Waals surface area contributed by atoms with Crippen LogP contribution in [0.2, 0.25) is 0 Å². The van der Waals surface area contributed by atoms with Crippen LogP contribution >= 0.6 is 0 Å². The SMILES string of the molecule is CC(CC(=O)c1ccc(F)cc1)N1CCOCC1. The van der Waals surface area contributed by atoms with Crippen molar-refractivity contribution in [3.8, 4) is 0 Å². The molecule has 1 heterocycles. The van der Waals surface area contributed by atoms with Crippen LogP contribution in [0.4, 0.5) is 4.39 Å². The summed E-state index contributed by atoms with van der Waals surface area (Å²) in [6.45, 7) is 5.26. The van der Waals surface area contributed by atoms with Gasteiger partial charge in [0.15, 0.2) is 5.78 Å². The third-order valence-corrected chi connectivity index (χ3v) is 3.32. The smallest absolute Gasteiger partial charge is 0.164 e. The van der Waals surface area contributed by atoms with Gasteiger partial charge < -0.3 is 4.74 Å². The molecule has 1 atom stereocenters. The molecule has 0 saturated carbocycles. The minimum absolute atomic E-state index is 0.0639. The minimum Gasteiger partial charge on any atom is -0.379 e. The Bertz CT molecular complexity index is 399. The molecule has 2 rings (SSSR count). The van der Waals surface area contributed by atoms with Crippen molar-refractivity contribution in [1.82, 2.24) is 4.90 Å². The Morgan fingerprint density at radius 2 is 1.94 bits per heavy atom. The molecule has 4 heteroatoms. The second-order valence-corrected chi connectivity index (χ2v) is 4.63. The van der Waals surface area contributed by atoms with Gasteiger partial charge in [-0.05, 0) is 31.2 Å². The predicted octanol–water partition coefficient (Wildman–Crippen LogP) is 2.12. The maximum absolute atomic E-state index is 12.8. The molecule has 1 unspecified atom stereocenters. The highest BCUT2D eigenvalue weighted by molar-refractivity contribution is 5.96. The molecule has 1 aromatic carbocycles. The van der Waals surface area contributed by atoms with E-state index in [1.165, 1.54) is 12.1 Å². The lowest BCUT2D eigenvalue weighted by Gasteiger charge is -2.31. The van der Waals surface area contributed by atoms with E-state index in [9.17, 15) is 9.18 Å². The Hall–Kier alpha value is -1.26. The molecule has 0 aliphatic carbocycles. The van der Waals surface area contributed by atoms with E-state index < -0.39 is 0 Å². The molecule has 0 amide bonds. The van der Waals surface area contributed by atoms with Crippen molar-refractivity contribution in [1.29, 1.82) is 0 Å². The summed E-state index contributed by atoms with van der Waals surface area (Å²) < 4.78 is 18.1. The first-order chi connectivity index (χ1) is 8.66. The summed E-state index contributed by atoms with van der Waals surface area (Å²) in [4.78, 5) is 14.3. The van der Waals surface area contributed by atoms with Crippen molar-refractivity contribution < 1.29 is 13.9 Å². The van der Waals surface area contributed by atoms with Gasteiger partial charge in [0.1, 0.15) is 5.82 Å². The summed E-state index contributed by atoms with van der Waals surface area (Å²) in [7, 11) is 0. The molecule has 0 spiro atoms. The number of ketones is 1. The van der Waals surface area contributed by atoms with Gasteiger partial charge in [0.2, 0.25) is 0 Å². The molecule has 1 saturated heterocycles. The quantitative estimate of drug-likeness (QED) is 0.768. The minimum atomic E-state index is -0.312. The number of Topliss-reactive ketones (excluding diaryl/α,β-unsaturated/α-hetero) is 1. The summed E-state index contributed by atoms with van der Waals surface area (Å²) in [6.07, 6.45) is 0.464. The first kappa shape index (κ1) is 13.2. The van der Waals surface area contributed by atoms with Gasteiger partial charge in [0.05, 0.1) is 13.2 Å². The zero-order valence-electron chi connectivity index (χ0n) is 10.6. The third-order valence-electron chi connectivity index (χ3n) is 3.32. The lowest BCUT2D eigenvalue weighted by Crippen LogP contribution is -2.42. The van der Waals surface area contributed by atoms with Gasteiger partial charge in [-0.2, -0.15) is 0 Å². The van der Waals surface area contributed by atoms with Gasteiger partial charge in [-0.3, -0.25) is 9.69 Å². The van der Waals surface area contributed by atoms with Crippen molar-refractivity contribution in [2.45, 2.75) is 19.4 Å². The standard InChI is InChI=1S/C14H18FNO2/c1-11(16-6-8-18-9-7-16)10-14(17)12-2-4-13(15)5-3-12/h2-5,11H,6-10H2,1H3. The van der Waals surface area contributed by atoms with Gasteiger partial charge in [-0.15, -0.1) is 0 Å². The van der Waals surface area contributed by atoms with Crippen LogP contribution in [0, 0.1) is 5.82 Å². The second kappa shape index (κ2) is 6.07. The average Bonchev–Trinajstić information content (AvgIpc) is 2.40. The molecule has 0 radical (unpaired) electrons. The summed E-state index contributed by atoms with van der Waals surface area (Å²) in [5.41, 5.74) is 0.580. The third kappa shape index (κ3) is 3.37. The molecular formula is C14H18FNO2. The number of nitrogens with zero attached hydrogens (tertiary/aromatic N) is 1. The number of hydrogen-bond acceptors (Lipinski definition) is 3. The predicted molar refractivity (Wildman–Crippen MR) is 67.2 cm³/mol. The van der Waals surface area contributed by atoms with Crippen LogP contribution in [0.25, 0.3) is 0 Å². The highest BCUT2D eigenvalue weighted by Gasteiger charge is 2.20. The highest BCUT2D eigenvalue weighted by Crippen LogP contribution is 2.12. The fraction of sp³-hybridized carbons (Fsp3) is 0.500. The molecule has 1 aromatic rings. The van der Waals surface area contributed by atoms with Gasteiger partial charge >= 0.3 is 0 Å². The Morgan fingerprint density at radius 1 is 1.33 bits per heavy atom. The molecule has 1 aliphatic heterocycles. The van der Waals surface area contributed by atoms with Crippen molar-refractivity contribution in [3.63, 3.8) is 0 Å². The van der Waals surface area contributed by atoms with E-state index in [2.05, 4.69) is 4.90 Å². The number of hydrogen-bond donors (Lipinski definition) is 0. The van der Waals surface area contributed by atoms with Crippen LogP contribution in [0.1, 0.15) is 23.7 Å². The summed E-state index contributed by atoms with van der Waals surface area (Å²) in [6, 6.07) is 5.94. The Labute approximate surface area is 107 Å². The van der Waals surface area contributed by atoms with Crippen molar-refractivity contribution in [3.05, 3.63) is 35.6 Å². The zero-order valence-corrected chi connectivity index (χ0v) is 10.6. The topological polar surface area (TPSA) is 29.5 Å². The molecule has 18 heavy (non-hydrogen) atoms. The first-order valence-electron chi connectivity index (χ1n) is 6.27. The summed E-state index contributed by atoms with van der Waals surface area (Å²) in [5, 5.41) is 0. The number of ether oxygens (including phenoxy) is 1. The number of morpholine rings is 1. The van der Waals surface area contributed by atoms with Gasteiger partial charge in [0.25, 0.3) is 0 Å². The van der Waals surface area contributed by atoms with Gasteiger partial charge in [-0.1, -0.05) is 0 Å². The second-order valence-electron chi connectivity index (χ2n) is 4.63. The van der Waals surface area contributed by atoms with Crippen molar-refractivity contribution >= 4 is 5.78 Å². The molecule has 0 bridgehead atoms.